The molecule has 0 unspecified atom stereocenters. The van der Waals surface area contributed by atoms with Crippen molar-refractivity contribution in [2.75, 3.05) is 6.54 Å². The number of carbonyl (C=O) groups excluding carboxylic acids is 2. The third-order valence-electron chi connectivity index (χ3n) is 4.51. The molecule has 1 rings (SSSR count). The van der Waals surface area contributed by atoms with Crippen LogP contribution in [-0.2, 0) is 16.0 Å². The molecule has 0 aliphatic carbocycles. The number of nitrogens with two attached hydrogens (primary N) is 1. The summed E-state index contributed by atoms with van der Waals surface area (Å²) in [5, 5.41) is 34.3. The van der Waals surface area contributed by atoms with Crippen LogP contribution in [0.3, 0.4) is 0 Å². The van der Waals surface area contributed by atoms with E-state index in [-0.39, 0.29) is 37.7 Å². The lowest BCUT2D eigenvalue weighted by molar-refractivity contribution is -0.525. The van der Waals surface area contributed by atoms with Gasteiger partial charge in [-0.05, 0) is 36.8 Å². The molecule has 2 atom stereocenters. The second-order valence-corrected chi connectivity index (χ2v) is 8.23. The van der Waals surface area contributed by atoms with Gasteiger partial charge in [0.15, 0.2) is 5.03 Å². The zero-order valence-corrected chi connectivity index (χ0v) is 19.3. The average molecular weight is 485 g/mol. The third kappa shape index (κ3) is 11.5. The number of halogens is 1. The standard InChI is InChI=1S/C19H30BClN6O6/c1-12(2)10-16(20(30)31)25-18(29)15(8-5-9-23-19(22)26-27(32)33)24-17(28)11-13-6-3-4-7-14(13)21/h3-4,6-7,12,15-16,30-31H,5,8-11H2,1-2H3,(H,24,28)(H,25,29)(H3,22,23,26)/t15-,16-/m0/s1. The van der Waals surface area contributed by atoms with Crippen LogP contribution >= 0.6 is 11.6 Å². The van der Waals surface area contributed by atoms with Gasteiger partial charge in [0.05, 0.1) is 12.4 Å². The maximum absolute atomic E-state index is 12.8. The summed E-state index contributed by atoms with van der Waals surface area (Å²) < 4.78 is 0. The number of nitrogens with zero attached hydrogens (tertiary/aromatic N) is 2. The van der Waals surface area contributed by atoms with Crippen LogP contribution in [0.4, 0.5) is 0 Å². The fourth-order valence-electron chi connectivity index (χ4n) is 3.00. The zero-order chi connectivity index (χ0) is 25.0. The van der Waals surface area contributed by atoms with Crippen molar-refractivity contribution >= 4 is 36.5 Å². The summed E-state index contributed by atoms with van der Waals surface area (Å²) in [6, 6.07) is 5.80. The minimum atomic E-state index is -1.77. The Morgan fingerprint density at radius 1 is 1.27 bits per heavy atom. The van der Waals surface area contributed by atoms with Crippen LogP contribution in [0.2, 0.25) is 5.02 Å². The normalized spacial score (nSPS) is 13.2. The Kier molecular flexibility index (Phi) is 12.2. The van der Waals surface area contributed by atoms with E-state index in [0.717, 1.165) is 0 Å². The molecule has 182 valence electrons. The molecule has 1 aromatic rings. The van der Waals surface area contributed by atoms with E-state index in [1.165, 1.54) is 0 Å². The summed E-state index contributed by atoms with van der Waals surface area (Å²) in [5.74, 6) is -2.27. The van der Waals surface area contributed by atoms with Crippen LogP contribution in [0.5, 0.6) is 0 Å². The van der Waals surface area contributed by atoms with Crippen LogP contribution in [0.1, 0.15) is 38.7 Å². The predicted molar refractivity (Wildman–Crippen MR) is 125 cm³/mol. The van der Waals surface area contributed by atoms with E-state index in [0.29, 0.717) is 17.0 Å². The lowest BCUT2D eigenvalue weighted by Gasteiger charge is -2.24. The van der Waals surface area contributed by atoms with Gasteiger partial charge in [-0.1, -0.05) is 49.1 Å². The number of rotatable bonds is 13. The van der Waals surface area contributed by atoms with E-state index in [1.807, 2.05) is 13.8 Å². The number of guanidine groups is 1. The highest BCUT2D eigenvalue weighted by molar-refractivity contribution is 6.43. The fraction of sp³-hybridized carbons (Fsp3) is 0.526. The number of benzene rings is 1. The first kappa shape index (κ1) is 28.1. The van der Waals surface area contributed by atoms with E-state index >= 15 is 0 Å². The molecule has 0 fully saturated rings. The van der Waals surface area contributed by atoms with Crippen molar-refractivity contribution in [3.63, 3.8) is 0 Å². The molecule has 0 aliphatic heterocycles. The van der Waals surface area contributed by atoms with Crippen molar-refractivity contribution in [3.8, 4) is 0 Å². The highest BCUT2D eigenvalue weighted by Crippen LogP contribution is 2.15. The SMILES string of the molecule is CC(C)C[C@H](NC(=O)[C@H](CCCN=C(N)N[N+](=O)[O-])NC(=O)Cc1ccccc1Cl)B(O)O. The first-order valence-corrected chi connectivity index (χ1v) is 10.8. The molecule has 2 amide bonds. The Morgan fingerprint density at radius 3 is 2.52 bits per heavy atom. The Hall–Kier alpha value is -2.90. The first-order chi connectivity index (χ1) is 15.5. The summed E-state index contributed by atoms with van der Waals surface area (Å²) in [6.07, 6.45) is 0.656. The van der Waals surface area contributed by atoms with Crippen LogP contribution in [0.15, 0.2) is 29.3 Å². The van der Waals surface area contributed by atoms with Crippen molar-refractivity contribution in [3.05, 3.63) is 45.0 Å². The van der Waals surface area contributed by atoms with Crippen molar-refractivity contribution in [1.29, 1.82) is 0 Å². The molecule has 0 saturated heterocycles. The number of nitrogens with one attached hydrogen (secondary N) is 3. The number of hydrazine groups is 1. The fourth-order valence-corrected chi connectivity index (χ4v) is 3.20. The summed E-state index contributed by atoms with van der Waals surface area (Å²) in [7, 11) is -1.77. The van der Waals surface area contributed by atoms with Gasteiger partial charge < -0.3 is 26.4 Å². The number of amides is 2. The topological polar surface area (TPSA) is 192 Å². The number of aliphatic imine (C=N–C) groups is 1. The van der Waals surface area contributed by atoms with E-state index in [9.17, 15) is 29.8 Å². The number of hydrogen-bond donors (Lipinski definition) is 6. The molecule has 1 aromatic carbocycles. The second kappa shape index (κ2) is 14.3. The van der Waals surface area contributed by atoms with Crippen LogP contribution < -0.4 is 21.8 Å². The van der Waals surface area contributed by atoms with Crippen LogP contribution in [0.25, 0.3) is 0 Å². The number of hydrogen-bond acceptors (Lipinski definition) is 7. The highest BCUT2D eigenvalue weighted by Gasteiger charge is 2.29. The van der Waals surface area contributed by atoms with Gasteiger partial charge in [0.1, 0.15) is 6.04 Å². The summed E-state index contributed by atoms with van der Waals surface area (Å²) >= 11 is 6.09. The van der Waals surface area contributed by atoms with Crippen molar-refractivity contribution < 1.29 is 24.7 Å². The maximum Gasteiger partial charge on any atom is 0.475 e. The lowest BCUT2D eigenvalue weighted by Crippen LogP contribution is -2.54. The molecule has 0 heterocycles. The van der Waals surface area contributed by atoms with E-state index in [1.54, 1.807) is 29.7 Å². The molecule has 33 heavy (non-hydrogen) atoms. The molecule has 0 aromatic heterocycles. The Morgan fingerprint density at radius 2 is 1.94 bits per heavy atom. The van der Waals surface area contributed by atoms with E-state index < -0.39 is 35.9 Å². The number of carbonyl (C=O) groups is 2. The minimum absolute atomic E-state index is 0.0562. The van der Waals surface area contributed by atoms with Gasteiger partial charge in [-0.3, -0.25) is 9.59 Å². The first-order valence-electron chi connectivity index (χ1n) is 10.4. The van der Waals surface area contributed by atoms with Gasteiger partial charge in [-0.25, -0.2) is 15.1 Å². The van der Waals surface area contributed by atoms with Gasteiger partial charge in [0, 0.05) is 11.6 Å². The lowest BCUT2D eigenvalue weighted by atomic mass is 9.75. The van der Waals surface area contributed by atoms with Gasteiger partial charge in [-0.2, -0.15) is 0 Å². The summed E-state index contributed by atoms with van der Waals surface area (Å²) in [4.78, 5) is 39.5. The molecule has 7 N–H and O–H groups in total. The van der Waals surface area contributed by atoms with Crippen molar-refractivity contribution in [2.45, 2.75) is 51.5 Å². The van der Waals surface area contributed by atoms with Gasteiger partial charge in [0.2, 0.25) is 11.8 Å². The van der Waals surface area contributed by atoms with Crippen molar-refractivity contribution in [1.82, 2.24) is 16.1 Å². The van der Waals surface area contributed by atoms with E-state index in [4.69, 9.17) is 17.3 Å². The van der Waals surface area contributed by atoms with E-state index in [2.05, 4.69) is 15.6 Å². The molecular formula is C19H30BClN6O6. The van der Waals surface area contributed by atoms with Gasteiger partial charge in [0.25, 0.3) is 5.96 Å². The molecule has 0 spiro atoms. The summed E-state index contributed by atoms with van der Waals surface area (Å²) in [6.45, 7) is 3.80. The zero-order valence-electron chi connectivity index (χ0n) is 18.5. The van der Waals surface area contributed by atoms with Gasteiger partial charge >= 0.3 is 7.12 Å². The minimum Gasteiger partial charge on any atom is -0.426 e. The molecule has 0 radical (unpaired) electrons. The van der Waals surface area contributed by atoms with Crippen LogP contribution in [-0.4, -0.2) is 58.5 Å². The molecule has 0 saturated carbocycles. The molecule has 0 bridgehead atoms. The second-order valence-electron chi connectivity index (χ2n) is 7.82. The highest BCUT2D eigenvalue weighted by atomic mass is 35.5. The average Bonchev–Trinajstić information content (AvgIpc) is 2.70. The number of nitro groups is 1. The molecule has 12 nitrogen and oxygen atoms in total. The molecule has 14 heteroatoms. The van der Waals surface area contributed by atoms with Gasteiger partial charge in [-0.15, -0.1) is 0 Å². The third-order valence-corrected chi connectivity index (χ3v) is 4.88. The Balaban J connectivity index is 2.85. The quantitative estimate of drug-likeness (QED) is 0.0552. The molecule has 0 aliphatic rings. The summed E-state index contributed by atoms with van der Waals surface area (Å²) in [5.41, 5.74) is 7.65. The maximum atomic E-state index is 12.8. The van der Waals surface area contributed by atoms with Crippen molar-refractivity contribution in [2.24, 2.45) is 16.6 Å². The Bertz CT molecular complexity index is 841. The molecular weight excluding hydrogens is 455 g/mol. The van der Waals surface area contributed by atoms with Crippen LogP contribution in [0, 0.1) is 16.0 Å². The Labute approximate surface area is 197 Å². The smallest absolute Gasteiger partial charge is 0.426 e. The monoisotopic (exact) mass is 484 g/mol. The predicted octanol–water partition coefficient (Wildman–Crippen LogP) is -0.214. The largest absolute Gasteiger partial charge is 0.475 e.